The Morgan fingerprint density at radius 1 is 1.33 bits per heavy atom. The van der Waals surface area contributed by atoms with Crippen LogP contribution in [0.2, 0.25) is 0 Å². The second-order valence-electron chi connectivity index (χ2n) is 2.06. The molecule has 1 heterocycles. The first-order valence-electron chi connectivity index (χ1n) is 3.26. The highest BCUT2D eigenvalue weighted by molar-refractivity contribution is 7.96. The Morgan fingerprint density at radius 2 is 2.00 bits per heavy atom. The lowest BCUT2D eigenvalue weighted by Crippen LogP contribution is -2.29. The first-order chi connectivity index (χ1) is 4.43. The molecular formula is C6H13O2S+. The lowest BCUT2D eigenvalue weighted by molar-refractivity contribution is 0.159. The van der Waals surface area contributed by atoms with E-state index in [4.69, 9.17) is 9.84 Å². The third kappa shape index (κ3) is 2.56. The highest BCUT2D eigenvalue weighted by Gasteiger charge is 2.20. The SMILES string of the molecule is OCC[S+]1CCOCC1. The summed E-state index contributed by atoms with van der Waals surface area (Å²) < 4.78 is 5.17. The van der Waals surface area contributed by atoms with Crippen molar-refractivity contribution >= 4 is 10.9 Å². The Morgan fingerprint density at radius 3 is 2.56 bits per heavy atom. The molecule has 1 aliphatic heterocycles. The van der Waals surface area contributed by atoms with Crippen molar-refractivity contribution in [2.75, 3.05) is 37.1 Å². The van der Waals surface area contributed by atoms with Crippen molar-refractivity contribution in [3.63, 3.8) is 0 Å². The van der Waals surface area contributed by atoms with Crippen molar-refractivity contribution in [2.45, 2.75) is 0 Å². The van der Waals surface area contributed by atoms with E-state index in [0.717, 1.165) is 19.0 Å². The summed E-state index contributed by atoms with van der Waals surface area (Å²) in [6.45, 7) is 2.16. The molecule has 0 atom stereocenters. The molecule has 0 aromatic rings. The molecule has 1 fully saturated rings. The molecule has 0 radical (unpaired) electrons. The topological polar surface area (TPSA) is 29.5 Å². The first-order valence-corrected chi connectivity index (χ1v) is 4.99. The molecule has 54 valence electrons. The minimum atomic E-state index is 0.350. The summed E-state index contributed by atoms with van der Waals surface area (Å²) in [5, 5.41) is 8.58. The zero-order chi connectivity index (χ0) is 6.53. The van der Waals surface area contributed by atoms with E-state index in [1.807, 2.05) is 0 Å². The summed E-state index contributed by atoms with van der Waals surface area (Å²) in [6.07, 6.45) is 0. The summed E-state index contributed by atoms with van der Waals surface area (Å²) in [5.74, 6) is 3.32. The molecule has 0 saturated carbocycles. The second kappa shape index (κ2) is 4.14. The molecule has 0 aromatic heterocycles. The van der Waals surface area contributed by atoms with Crippen molar-refractivity contribution in [2.24, 2.45) is 0 Å². The van der Waals surface area contributed by atoms with Crippen LogP contribution in [0.3, 0.4) is 0 Å². The molecule has 1 N–H and O–H groups in total. The lowest BCUT2D eigenvalue weighted by Gasteiger charge is -2.12. The van der Waals surface area contributed by atoms with Gasteiger partial charge in [0.05, 0.1) is 19.8 Å². The van der Waals surface area contributed by atoms with Crippen LogP contribution in [0.1, 0.15) is 0 Å². The fourth-order valence-electron chi connectivity index (χ4n) is 0.891. The van der Waals surface area contributed by atoms with Gasteiger partial charge in [0.1, 0.15) is 17.3 Å². The van der Waals surface area contributed by atoms with Crippen LogP contribution in [0, 0.1) is 0 Å². The van der Waals surface area contributed by atoms with Gasteiger partial charge in [0.2, 0.25) is 0 Å². The van der Waals surface area contributed by atoms with E-state index in [9.17, 15) is 0 Å². The number of ether oxygens (including phenoxy) is 1. The zero-order valence-electron chi connectivity index (χ0n) is 5.51. The normalized spacial score (nSPS) is 22.3. The minimum Gasteiger partial charge on any atom is -0.391 e. The van der Waals surface area contributed by atoms with Crippen molar-refractivity contribution < 1.29 is 9.84 Å². The number of aliphatic hydroxyl groups excluding tert-OH is 1. The molecule has 0 spiro atoms. The highest BCUT2D eigenvalue weighted by atomic mass is 32.2. The molecule has 1 saturated heterocycles. The summed E-state index contributed by atoms with van der Waals surface area (Å²) in [4.78, 5) is 0. The van der Waals surface area contributed by atoms with Crippen molar-refractivity contribution in [3.8, 4) is 0 Å². The van der Waals surface area contributed by atoms with Crippen LogP contribution in [0.15, 0.2) is 0 Å². The van der Waals surface area contributed by atoms with Crippen molar-refractivity contribution in [1.29, 1.82) is 0 Å². The smallest absolute Gasteiger partial charge is 0.131 e. The van der Waals surface area contributed by atoms with Crippen molar-refractivity contribution in [3.05, 3.63) is 0 Å². The van der Waals surface area contributed by atoms with Gasteiger partial charge >= 0.3 is 0 Å². The molecule has 1 rings (SSSR count). The number of rotatable bonds is 2. The average molecular weight is 149 g/mol. The van der Waals surface area contributed by atoms with E-state index in [1.54, 1.807) is 0 Å². The van der Waals surface area contributed by atoms with E-state index in [2.05, 4.69) is 0 Å². The molecule has 2 nitrogen and oxygen atoms in total. The van der Waals surface area contributed by atoms with Gasteiger partial charge in [-0.1, -0.05) is 0 Å². The highest BCUT2D eigenvalue weighted by Crippen LogP contribution is 2.02. The van der Waals surface area contributed by atoms with Crippen LogP contribution in [-0.4, -0.2) is 42.2 Å². The summed E-state index contributed by atoms with van der Waals surface area (Å²) >= 11 is 0. The van der Waals surface area contributed by atoms with Crippen LogP contribution in [-0.2, 0) is 15.6 Å². The number of hydrogen-bond donors (Lipinski definition) is 1. The largest absolute Gasteiger partial charge is 0.391 e. The fraction of sp³-hybridized carbons (Fsp3) is 1.00. The Balaban J connectivity index is 2.08. The maximum atomic E-state index is 8.58. The molecular weight excluding hydrogens is 136 g/mol. The van der Waals surface area contributed by atoms with Gasteiger partial charge in [0, 0.05) is 0 Å². The van der Waals surface area contributed by atoms with Gasteiger partial charge in [0.25, 0.3) is 0 Å². The summed E-state index contributed by atoms with van der Waals surface area (Å²) in [7, 11) is 0.480. The van der Waals surface area contributed by atoms with Gasteiger partial charge in [-0.3, -0.25) is 0 Å². The van der Waals surface area contributed by atoms with Gasteiger partial charge in [-0.05, 0) is 10.9 Å². The molecule has 1 aliphatic rings. The van der Waals surface area contributed by atoms with E-state index < -0.39 is 0 Å². The van der Waals surface area contributed by atoms with Crippen LogP contribution in [0.25, 0.3) is 0 Å². The van der Waals surface area contributed by atoms with Gasteiger partial charge in [-0.2, -0.15) is 0 Å². The summed E-state index contributed by atoms with van der Waals surface area (Å²) in [5.41, 5.74) is 0. The van der Waals surface area contributed by atoms with Gasteiger partial charge in [-0.25, -0.2) is 0 Å². The third-order valence-electron chi connectivity index (χ3n) is 1.41. The van der Waals surface area contributed by atoms with Crippen LogP contribution in [0.4, 0.5) is 0 Å². The summed E-state index contributed by atoms with van der Waals surface area (Å²) in [6, 6.07) is 0. The van der Waals surface area contributed by atoms with E-state index in [-0.39, 0.29) is 0 Å². The van der Waals surface area contributed by atoms with Gasteiger partial charge in [0.15, 0.2) is 0 Å². The minimum absolute atomic E-state index is 0.350. The quantitative estimate of drug-likeness (QED) is 0.543. The van der Waals surface area contributed by atoms with E-state index >= 15 is 0 Å². The molecule has 0 aromatic carbocycles. The molecule has 0 unspecified atom stereocenters. The second-order valence-corrected chi connectivity index (χ2v) is 4.51. The fourth-order valence-corrected chi connectivity index (χ4v) is 2.47. The molecule has 0 aliphatic carbocycles. The Hall–Kier alpha value is 0.270. The molecule has 0 amide bonds. The van der Waals surface area contributed by atoms with Crippen LogP contribution in [0.5, 0.6) is 0 Å². The number of aliphatic hydroxyl groups is 1. The van der Waals surface area contributed by atoms with E-state index in [1.165, 1.54) is 11.5 Å². The standard InChI is InChI=1S/C6H13O2S/c7-1-4-9-5-2-8-3-6-9/h7H,1-6H2/q+1. The Bertz CT molecular complexity index is 68.7. The third-order valence-corrected chi connectivity index (χ3v) is 3.66. The maximum Gasteiger partial charge on any atom is 0.131 e. The number of hydrogen-bond acceptors (Lipinski definition) is 2. The Kier molecular flexibility index (Phi) is 3.40. The predicted octanol–water partition coefficient (Wildman–Crippen LogP) is -0.373. The molecule has 0 bridgehead atoms. The van der Waals surface area contributed by atoms with Crippen LogP contribution >= 0.6 is 0 Å². The lowest BCUT2D eigenvalue weighted by atomic mass is 10.8. The van der Waals surface area contributed by atoms with Gasteiger partial charge < -0.3 is 9.84 Å². The van der Waals surface area contributed by atoms with Crippen molar-refractivity contribution in [1.82, 2.24) is 0 Å². The van der Waals surface area contributed by atoms with E-state index in [0.29, 0.717) is 17.5 Å². The molecule has 9 heavy (non-hydrogen) atoms. The molecule has 3 heteroatoms. The predicted molar refractivity (Wildman–Crippen MR) is 39.9 cm³/mol. The van der Waals surface area contributed by atoms with Crippen LogP contribution < -0.4 is 0 Å². The zero-order valence-corrected chi connectivity index (χ0v) is 6.32. The Labute approximate surface area is 58.6 Å². The first kappa shape index (κ1) is 7.38. The average Bonchev–Trinajstić information content (AvgIpc) is 1.91. The van der Waals surface area contributed by atoms with Gasteiger partial charge in [-0.15, -0.1) is 0 Å². The monoisotopic (exact) mass is 149 g/mol. The maximum absolute atomic E-state index is 8.58.